The van der Waals surface area contributed by atoms with Crippen molar-refractivity contribution in [3.8, 4) is 5.75 Å². The zero-order valence-electron chi connectivity index (χ0n) is 10.3. The van der Waals surface area contributed by atoms with Gasteiger partial charge in [0.2, 0.25) is 5.91 Å². The van der Waals surface area contributed by atoms with Gasteiger partial charge in [-0.3, -0.25) is 4.79 Å². The lowest BCUT2D eigenvalue weighted by Crippen LogP contribution is -2.44. The molecule has 4 nitrogen and oxygen atoms in total. The van der Waals surface area contributed by atoms with Crippen molar-refractivity contribution < 1.29 is 9.53 Å². The number of ether oxygens (including phenoxy) is 1. The SMILES string of the molecule is COc1cccc2c1N(C(=O)C(C)N)CCC2. The maximum atomic E-state index is 12.1. The molecule has 17 heavy (non-hydrogen) atoms. The summed E-state index contributed by atoms with van der Waals surface area (Å²) in [5.74, 6) is 0.701. The summed E-state index contributed by atoms with van der Waals surface area (Å²) < 4.78 is 5.34. The molecule has 0 radical (unpaired) electrons. The first-order valence-corrected chi connectivity index (χ1v) is 5.88. The minimum Gasteiger partial charge on any atom is -0.495 e. The van der Waals surface area contributed by atoms with Crippen LogP contribution in [0.3, 0.4) is 0 Å². The van der Waals surface area contributed by atoms with Gasteiger partial charge in [-0.2, -0.15) is 0 Å². The number of aryl methyl sites for hydroxylation is 1. The predicted molar refractivity (Wildman–Crippen MR) is 67.3 cm³/mol. The molecule has 1 aliphatic heterocycles. The van der Waals surface area contributed by atoms with E-state index in [-0.39, 0.29) is 5.91 Å². The number of hydrogen-bond donors (Lipinski definition) is 1. The predicted octanol–water partition coefficient (Wildman–Crippen LogP) is 1.32. The summed E-state index contributed by atoms with van der Waals surface area (Å²) in [4.78, 5) is 13.8. The van der Waals surface area contributed by atoms with Crippen LogP contribution in [0, 0.1) is 0 Å². The molecular weight excluding hydrogens is 216 g/mol. The van der Waals surface area contributed by atoms with Crippen LogP contribution in [-0.2, 0) is 11.2 Å². The summed E-state index contributed by atoms with van der Waals surface area (Å²) in [7, 11) is 1.62. The fourth-order valence-electron chi connectivity index (χ4n) is 2.25. The molecule has 2 N–H and O–H groups in total. The number of para-hydroxylation sites is 1. The molecule has 0 saturated carbocycles. The first kappa shape index (κ1) is 11.9. The molecule has 4 heteroatoms. The highest BCUT2D eigenvalue weighted by Crippen LogP contribution is 2.36. The van der Waals surface area contributed by atoms with Crippen molar-refractivity contribution in [3.05, 3.63) is 23.8 Å². The van der Waals surface area contributed by atoms with E-state index in [4.69, 9.17) is 10.5 Å². The Morgan fingerprint density at radius 1 is 1.53 bits per heavy atom. The molecule has 2 rings (SSSR count). The van der Waals surface area contributed by atoms with Crippen molar-refractivity contribution in [2.75, 3.05) is 18.6 Å². The summed E-state index contributed by atoms with van der Waals surface area (Å²) >= 11 is 0. The maximum Gasteiger partial charge on any atom is 0.243 e. The number of carbonyl (C=O) groups is 1. The first-order chi connectivity index (χ1) is 8.15. The molecule has 0 fully saturated rings. The topological polar surface area (TPSA) is 55.6 Å². The molecule has 1 aromatic carbocycles. The third-order valence-electron chi connectivity index (χ3n) is 3.06. The van der Waals surface area contributed by atoms with Crippen LogP contribution in [-0.4, -0.2) is 25.6 Å². The van der Waals surface area contributed by atoms with Gasteiger partial charge in [0.1, 0.15) is 5.75 Å². The van der Waals surface area contributed by atoms with E-state index in [1.54, 1.807) is 18.9 Å². The number of hydrogen-bond acceptors (Lipinski definition) is 3. The van der Waals surface area contributed by atoms with E-state index in [2.05, 4.69) is 0 Å². The van der Waals surface area contributed by atoms with Crippen molar-refractivity contribution in [3.63, 3.8) is 0 Å². The zero-order chi connectivity index (χ0) is 12.4. The van der Waals surface area contributed by atoms with Gasteiger partial charge in [-0.15, -0.1) is 0 Å². The van der Waals surface area contributed by atoms with Crippen molar-refractivity contribution in [2.24, 2.45) is 5.73 Å². The molecule has 1 heterocycles. The quantitative estimate of drug-likeness (QED) is 0.839. The molecule has 0 bridgehead atoms. The van der Waals surface area contributed by atoms with Crippen molar-refractivity contribution in [1.82, 2.24) is 0 Å². The van der Waals surface area contributed by atoms with E-state index in [9.17, 15) is 4.79 Å². The molecule has 92 valence electrons. The van der Waals surface area contributed by atoms with Crippen LogP contribution in [0.1, 0.15) is 18.9 Å². The monoisotopic (exact) mass is 234 g/mol. The lowest BCUT2D eigenvalue weighted by Gasteiger charge is -2.31. The Morgan fingerprint density at radius 3 is 2.94 bits per heavy atom. The highest BCUT2D eigenvalue weighted by atomic mass is 16.5. The molecule has 1 unspecified atom stereocenters. The van der Waals surface area contributed by atoms with Crippen molar-refractivity contribution in [2.45, 2.75) is 25.8 Å². The Bertz CT molecular complexity index is 415. The van der Waals surface area contributed by atoms with E-state index in [1.165, 1.54) is 0 Å². The number of benzene rings is 1. The molecule has 0 saturated heterocycles. The smallest absolute Gasteiger partial charge is 0.243 e. The van der Waals surface area contributed by atoms with E-state index >= 15 is 0 Å². The van der Waals surface area contributed by atoms with Crippen molar-refractivity contribution >= 4 is 11.6 Å². The van der Waals surface area contributed by atoms with E-state index < -0.39 is 6.04 Å². The third-order valence-corrected chi connectivity index (χ3v) is 3.06. The van der Waals surface area contributed by atoms with Gasteiger partial charge in [0.05, 0.1) is 18.8 Å². The number of fused-ring (bicyclic) bond motifs is 1. The largest absolute Gasteiger partial charge is 0.495 e. The van der Waals surface area contributed by atoms with E-state index in [1.807, 2.05) is 18.2 Å². The van der Waals surface area contributed by atoms with Crippen LogP contribution in [0.25, 0.3) is 0 Å². The molecular formula is C13H18N2O2. The van der Waals surface area contributed by atoms with Gasteiger partial charge in [0.25, 0.3) is 0 Å². The number of amides is 1. The normalized spacial score (nSPS) is 16.3. The van der Waals surface area contributed by atoms with Gasteiger partial charge in [0.15, 0.2) is 0 Å². The fraction of sp³-hybridized carbons (Fsp3) is 0.462. The van der Waals surface area contributed by atoms with Gasteiger partial charge < -0.3 is 15.4 Å². The average Bonchev–Trinajstić information content (AvgIpc) is 2.36. The standard InChI is InChI=1S/C13H18N2O2/c1-9(14)13(16)15-8-4-6-10-5-3-7-11(17-2)12(10)15/h3,5,7,9H,4,6,8,14H2,1-2H3. The van der Waals surface area contributed by atoms with Crippen LogP contribution < -0.4 is 15.4 Å². The Labute approximate surface area is 101 Å². The lowest BCUT2D eigenvalue weighted by molar-refractivity contribution is -0.119. The molecule has 1 amide bonds. The second-order valence-electron chi connectivity index (χ2n) is 4.35. The number of rotatable bonds is 2. The average molecular weight is 234 g/mol. The summed E-state index contributed by atoms with van der Waals surface area (Å²) in [5.41, 5.74) is 7.73. The van der Waals surface area contributed by atoms with Gasteiger partial charge in [-0.25, -0.2) is 0 Å². The minimum atomic E-state index is -0.481. The maximum absolute atomic E-state index is 12.1. The molecule has 1 atom stereocenters. The molecule has 0 aromatic heterocycles. The van der Waals surface area contributed by atoms with Crippen LogP contribution in [0.2, 0.25) is 0 Å². The zero-order valence-corrected chi connectivity index (χ0v) is 10.3. The van der Waals surface area contributed by atoms with Gasteiger partial charge in [0, 0.05) is 6.54 Å². The van der Waals surface area contributed by atoms with Gasteiger partial charge in [-0.05, 0) is 31.4 Å². The number of carbonyl (C=O) groups excluding carboxylic acids is 1. The third kappa shape index (κ3) is 2.13. The van der Waals surface area contributed by atoms with Gasteiger partial charge >= 0.3 is 0 Å². The Kier molecular flexibility index (Phi) is 3.33. The summed E-state index contributed by atoms with van der Waals surface area (Å²) in [6.07, 6.45) is 1.95. The number of nitrogens with zero attached hydrogens (tertiary/aromatic N) is 1. The van der Waals surface area contributed by atoms with Crippen molar-refractivity contribution in [1.29, 1.82) is 0 Å². The Balaban J connectivity index is 2.45. The second-order valence-corrected chi connectivity index (χ2v) is 4.35. The lowest BCUT2D eigenvalue weighted by atomic mass is 10.0. The Morgan fingerprint density at radius 2 is 2.29 bits per heavy atom. The second kappa shape index (κ2) is 4.75. The van der Waals surface area contributed by atoms with Crippen LogP contribution in [0.15, 0.2) is 18.2 Å². The summed E-state index contributed by atoms with van der Waals surface area (Å²) in [6, 6.07) is 5.40. The number of anilines is 1. The Hall–Kier alpha value is -1.55. The molecule has 1 aromatic rings. The molecule has 1 aliphatic rings. The van der Waals surface area contributed by atoms with Crippen LogP contribution in [0.4, 0.5) is 5.69 Å². The molecule has 0 aliphatic carbocycles. The van der Waals surface area contributed by atoms with Gasteiger partial charge in [-0.1, -0.05) is 12.1 Å². The highest BCUT2D eigenvalue weighted by Gasteiger charge is 2.27. The number of nitrogens with two attached hydrogens (primary N) is 1. The van der Waals surface area contributed by atoms with E-state index in [0.29, 0.717) is 6.54 Å². The van der Waals surface area contributed by atoms with Crippen LogP contribution >= 0.6 is 0 Å². The molecule has 0 spiro atoms. The highest BCUT2D eigenvalue weighted by molar-refractivity contribution is 5.99. The first-order valence-electron chi connectivity index (χ1n) is 5.88. The fourth-order valence-corrected chi connectivity index (χ4v) is 2.25. The number of methoxy groups -OCH3 is 1. The summed E-state index contributed by atoms with van der Waals surface area (Å²) in [6.45, 7) is 2.43. The summed E-state index contributed by atoms with van der Waals surface area (Å²) in [5, 5.41) is 0. The minimum absolute atomic E-state index is 0.0459. The van der Waals surface area contributed by atoms with Crippen LogP contribution in [0.5, 0.6) is 5.75 Å². The van der Waals surface area contributed by atoms with E-state index in [0.717, 1.165) is 29.8 Å².